The molecule has 0 fully saturated rings. The maximum Gasteiger partial charge on any atom is 0.421 e. The van der Waals surface area contributed by atoms with Gasteiger partial charge in [0.05, 0.1) is 6.61 Å². The lowest BCUT2D eigenvalue weighted by Gasteiger charge is -2.16. The van der Waals surface area contributed by atoms with Crippen LogP contribution in [-0.4, -0.2) is 16.6 Å². The summed E-state index contributed by atoms with van der Waals surface area (Å²) in [7, 11) is 0. The molecule has 3 rings (SSSR count). The van der Waals surface area contributed by atoms with Gasteiger partial charge in [-0.15, -0.1) is 0 Å². The second kappa shape index (κ2) is 9.21. The zero-order valence-corrected chi connectivity index (χ0v) is 17.1. The molecular weight excluding hydrogens is 417 g/mol. The summed E-state index contributed by atoms with van der Waals surface area (Å²) in [5.74, 6) is 0.521. The smallest absolute Gasteiger partial charge is 0.421 e. The highest BCUT2D eigenvalue weighted by molar-refractivity contribution is 6.30. The molecule has 2 aromatic carbocycles. The van der Waals surface area contributed by atoms with E-state index in [1.165, 1.54) is 0 Å². The Morgan fingerprint density at radius 1 is 1.03 bits per heavy atom. The Bertz CT molecular complexity index is 994. The largest absolute Gasteiger partial charge is 0.493 e. The molecule has 0 aliphatic heterocycles. The van der Waals surface area contributed by atoms with Gasteiger partial charge in [0.25, 0.3) is 0 Å². The van der Waals surface area contributed by atoms with Gasteiger partial charge in [-0.2, -0.15) is 18.2 Å². The monoisotopic (exact) mass is 436 g/mol. The molecule has 0 amide bonds. The molecule has 158 valence electrons. The van der Waals surface area contributed by atoms with Crippen molar-refractivity contribution in [1.29, 1.82) is 0 Å². The van der Waals surface area contributed by atoms with Crippen LogP contribution in [0, 0.1) is 5.92 Å². The molecule has 0 aliphatic carbocycles. The topological polar surface area (TPSA) is 59.1 Å². The number of alkyl halides is 3. The fraction of sp³-hybridized carbons (Fsp3) is 0.238. The van der Waals surface area contributed by atoms with Crippen molar-refractivity contribution in [3.05, 3.63) is 65.3 Å². The molecular formula is C21H20ClF3N4O. The van der Waals surface area contributed by atoms with Crippen LogP contribution in [0.15, 0.2) is 54.7 Å². The first-order chi connectivity index (χ1) is 14.2. The van der Waals surface area contributed by atoms with Crippen molar-refractivity contribution >= 4 is 34.7 Å². The fourth-order valence-corrected chi connectivity index (χ4v) is 2.60. The predicted molar refractivity (Wildman–Crippen MR) is 112 cm³/mol. The number of hydrogen-bond donors (Lipinski definition) is 2. The van der Waals surface area contributed by atoms with E-state index in [0.717, 1.165) is 6.20 Å². The van der Waals surface area contributed by atoms with Gasteiger partial charge < -0.3 is 15.4 Å². The van der Waals surface area contributed by atoms with Crippen molar-refractivity contribution in [2.75, 3.05) is 17.2 Å². The number of rotatable bonds is 7. The summed E-state index contributed by atoms with van der Waals surface area (Å²) < 4.78 is 46.0. The van der Waals surface area contributed by atoms with Crippen LogP contribution < -0.4 is 15.4 Å². The Morgan fingerprint density at radius 2 is 1.77 bits per heavy atom. The lowest BCUT2D eigenvalue weighted by atomic mass is 10.2. The van der Waals surface area contributed by atoms with Gasteiger partial charge in [0.1, 0.15) is 17.1 Å². The zero-order chi connectivity index (χ0) is 21.7. The highest BCUT2D eigenvalue weighted by atomic mass is 35.5. The molecule has 2 N–H and O–H groups in total. The quantitative estimate of drug-likeness (QED) is 0.433. The Labute approximate surface area is 177 Å². The minimum absolute atomic E-state index is 0.0139. The summed E-state index contributed by atoms with van der Waals surface area (Å²) in [5.41, 5.74) is 0.0322. The van der Waals surface area contributed by atoms with Crippen LogP contribution in [0.3, 0.4) is 0 Å². The number of ether oxygens (including phenoxy) is 1. The SMILES string of the molecule is CC(C)COc1cccc(Nc2nc(Nc3ccc(Cl)cc3)ncc2C(F)(F)F)c1. The van der Waals surface area contributed by atoms with Crippen LogP contribution in [0.2, 0.25) is 5.02 Å². The van der Waals surface area contributed by atoms with Crippen LogP contribution in [-0.2, 0) is 6.18 Å². The number of nitrogens with one attached hydrogen (secondary N) is 2. The second-order valence-corrected chi connectivity index (χ2v) is 7.38. The van der Waals surface area contributed by atoms with E-state index in [-0.39, 0.29) is 11.8 Å². The van der Waals surface area contributed by atoms with Gasteiger partial charge in [0.2, 0.25) is 5.95 Å². The molecule has 1 heterocycles. The summed E-state index contributed by atoms with van der Waals surface area (Å²) in [4.78, 5) is 7.82. The van der Waals surface area contributed by atoms with E-state index >= 15 is 0 Å². The molecule has 0 spiro atoms. The number of halogens is 4. The highest BCUT2D eigenvalue weighted by Gasteiger charge is 2.35. The fourth-order valence-electron chi connectivity index (χ4n) is 2.47. The van der Waals surface area contributed by atoms with Gasteiger partial charge in [-0.25, -0.2) is 4.98 Å². The molecule has 0 radical (unpaired) electrons. The average Bonchev–Trinajstić information content (AvgIpc) is 2.68. The number of anilines is 4. The van der Waals surface area contributed by atoms with Gasteiger partial charge in [0.15, 0.2) is 0 Å². The Hall–Kier alpha value is -3.00. The molecule has 5 nitrogen and oxygen atoms in total. The summed E-state index contributed by atoms with van der Waals surface area (Å²) in [5, 5.41) is 6.14. The molecule has 1 aromatic heterocycles. The molecule has 0 saturated heterocycles. The van der Waals surface area contributed by atoms with Crippen molar-refractivity contribution in [3.8, 4) is 5.75 Å². The Morgan fingerprint density at radius 3 is 2.43 bits per heavy atom. The van der Waals surface area contributed by atoms with Crippen LogP contribution >= 0.6 is 11.6 Å². The molecule has 9 heteroatoms. The first-order valence-electron chi connectivity index (χ1n) is 9.17. The third-order valence-corrected chi connectivity index (χ3v) is 4.13. The van der Waals surface area contributed by atoms with Crippen molar-refractivity contribution < 1.29 is 17.9 Å². The molecule has 0 atom stereocenters. The van der Waals surface area contributed by atoms with E-state index in [0.29, 0.717) is 34.7 Å². The van der Waals surface area contributed by atoms with Crippen LogP contribution in [0.25, 0.3) is 0 Å². The minimum atomic E-state index is -4.62. The van der Waals surface area contributed by atoms with E-state index in [4.69, 9.17) is 16.3 Å². The van der Waals surface area contributed by atoms with Gasteiger partial charge in [-0.05, 0) is 42.3 Å². The number of hydrogen-bond acceptors (Lipinski definition) is 5. The molecule has 0 aliphatic rings. The van der Waals surface area contributed by atoms with Gasteiger partial charge >= 0.3 is 6.18 Å². The Balaban J connectivity index is 1.87. The van der Waals surface area contributed by atoms with Gasteiger partial charge in [-0.1, -0.05) is 31.5 Å². The number of aromatic nitrogens is 2. The van der Waals surface area contributed by atoms with Gasteiger partial charge in [-0.3, -0.25) is 0 Å². The third-order valence-electron chi connectivity index (χ3n) is 3.87. The van der Waals surface area contributed by atoms with Crippen molar-refractivity contribution in [2.45, 2.75) is 20.0 Å². The summed E-state index contributed by atoms with van der Waals surface area (Å²) in [6.07, 6.45) is -3.88. The zero-order valence-electron chi connectivity index (χ0n) is 16.3. The normalized spacial score (nSPS) is 11.4. The number of benzene rings is 2. The predicted octanol–water partition coefficient (Wildman–Crippen LogP) is 6.67. The molecule has 0 bridgehead atoms. The highest BCUT2D eigenvalue weighted by Crippen LogP contribution is 2.35. The average molecular weight is 437 g/mol. The van der Waals surface area contributed by atoms with Crippen molar-refractivity contribution in [1.82, 2.24) is 9.97 Å². The molecule has 30 heavy (non-hydrogen) atoms. The van der Waals surface area contributed by atoms with Crippen molar-refractivity contribution in [2.24, 2.45) is 5.92 Å². The van der Waals surface area contributed by atoms with E-state index in [2.05, 4.69) is 20.6 Å². The van der Waals surface area contributed by atoms with E-state index in [1.807, 2.05) is 13.8 Å². The summed E-state index contributed by atoms with van der Waals surface area (Å²) in [6.45, 7) is 4.52. The number of nitrogens with zero attached hydrogens (tertiary/aromatic N) is 2. The Kier molecular flexibility index (Phi) is 6.66. The summed E-state index contributed by atoms with van der Waals surface area (Å²) >= 11 is 5.85. The van der Waals surface area contributed by atoms with Crippen LogP contribution in [0.4, 0.5) is 36.3 Å². The van der Waals surface area contributed by atoms with E-state index < -0.39 is 11.7 Å². The first-order valence-corrected chi connectivity index (χ1v) is 9.55. The summed E-state index contributed by atoms with van der Waals surface area (Å²) in [6, 6.07) is 13.3. The maximum absolute atomic E-state index is 13.5. The molecule has 0 saturated carbocycles. The lowest BCUT2D eigenvalue weighted by Crippen LogP contribution is -2.12. The van der Waals surface area contributed by atoms with E-state index in [1.54, 1.807) is 48.5 Å². The molecule has 3 aromatic rings. The minimum Gasteiger partial charge on any atom is -0.493 e. The lowest BCUT2D eigenvalue weighted by molar-refractivity contribution is -0.137. The third kappa shape index (κ3) is 6.00. The molecule has 0 unspecified atom stereocenters. The maximum atomic E-state index is 13.5. The van der Waals surface area contributed by atoms with Crippen LogP contribution in [0.1, 0.15) is 19.4 Å². The van der Waals surface area contributed by atoms with E-state index in [9.17, 15) is 13.2 Å². The van der Waals surface area contributed by atoms with Crippen molar-refractivity contribution in [3.63, 3.8) is 0 Å². The first kappa shape index (κ1) is 21.7. The standard InChI is InChI=1S/C21H20ClF3N4O/c1-13(2)12-30-17-5-3-4-16(10-17)27-19-18(21(23,24)25)11-26-20(29-19)28-15-8-6-14(22)7-9-15/h3-11,13H,12H2,1-2H3,(H2,26,27,28,29). The van der Waals surface area contributed by atoms with Crippen LogP contribution in [0.5, 0.6) is 5.75 Å². The van der Waals surface area contributed by atoms with Gasteiger partial charge in [0, 0.05) is 28.7 Å². The second-order valence-electron chi connectivity index (χ2n) is 6.94.